The molecule has 2 nitrogen and oxygen atoms in total. The summed E-state index contributed by atoms with van der Waals surface area (Å²) in [4.78, 5) is 0. The third kappa shape index (κ3) is 2.25. The molecule has 1 aliphatic rings. The van der Waals surface area contributed by atoms with Crippen LogP contribution in [-0.2, 0) is 0 Å². The molecule has 3 N–H and O–H groups in total. The van der Waals surface area contributed by atoms with E-state index in [9.17, 15) is 0 Å². The highest BCUT2D eigenvalue weighted by molar-refractivity contribution is 5.58. The van der Waals surface area contributed by atoms with Crippen LogP contribution in [0.2, 0.25) is 0 Å². The smallest absolute Gasteiger partial charge is 0.0373 e. The van der Waals surface area contributed by atoms with E-state index in [-0.39, 0.29) is 0 Å². The fourth-order valence-electron chi connectivity index (χ4n) is 2.41. The van der Waals surface area contributed by atoms with E-state index >= 15 is 0 Å². The van der Waals surface area contributed by atoms with Crippen molar-refractivity contribution in [1.82, 2.24) is 0 Å². The zero-order valence-corrected chi connectivity index (χ0v) is 9.59. The quantitative estimate of drug-likeness (QED) is 0.726. The van der Waals surface area contributed by atoms with Gasteiger partial charge in [-0.2, -0.15) is 0 Å². The third-order valence-electron chi connectivity index (χ3n) is 3.45. The molecule has 2 unspecified atom stereocenters. The molecule has 0 spiro atoms. The maximum absolute atomic E-state index is 5.74. The van der Waals surface area contributed by atoms with Gasteiger partial charge < -0.3 is 11.1 Å². The lowest BCUT2D eigenvalue weighted by atomic mass is 10.1. The Balaban J connectivity index is 2.10. The molecule has 0 bridgehead atoms. The summed E-state index contributed by atoms with van der Waals surface area (Å²) < 4.78 is 0. The molecule has 1 fully saturated rings. The molecule has 2 atom stereocenters. The van der Waals surface area contributed by atoms with Gasteiger partial charge in [0.25, 0.3) is 0 Å². The highest BCUT2D eigenvalue weighted by Gasteiger charge is 2.23. The highest BCUT2D eigenvalue weighted by Crippen LogP contribution is 2.29. The van der Waals surface area contributed by atoms with E-state index in [0.717, 1.165) is 11.6 Å². The third-order valence-corrected chi connectivity index (χ3v) is 3.45. The Kier molecular flexibility index (Phi) is 2.85. The Morgan fingerprint density at radius 3 is 2.73 bits per heavy atom. The van der Waals surface area contributed by atoms with E-state index in [4.69, 9.17) is 5.73 Å². The van der Waals surface area contributed by atoms with Crippen LogP contribution in [0.3, 0.4) is 0 Å². The predicted molar refractivity (Wildman–Crippen MR) is 66.0 cm³/mol. The highest BCUT2D eigenvalue weighted by atomic mass is 14.9. The molecule has 0 saturated heterocycles. The Labute approximate surface area is 91.9 Å². The summed E-state index contributed by atoms with van der Waals surface area (Å²) in [6.45, 7) is 4.44. The lowest BCUT2D eigenvalue weighted by Crippen LogP contribution is -2.22. The van der Waals surface area contributed by atoms with Crippen LogP contribution in [0.4, 0.5) is 11.4 Å². The van der Waals surface area contributed by atoms with Gasteiger partial charge in [-0.15, -0.1) is 0 Å². The van der Waals surface area contributed by atoms with Crippen LogP contribution in [-0.4, -0.2) is 6.04 Å². The summed E-state index contributed by atoms with van der Waals surface area (Å²) in [6.07, 6.45) is 4.00. The van der Waals surface area contributed by atoms with Crippen LogP contribution < -0.4 is 11.1 Å². The Hall–Kier alpha value is -1.18. The van der Waals surface area contributed by atoms with Gasteiger partial charge >= 0.3 is 0 Å². The van der Waals surface area contributed by atoms with E-state index < -0.39 is 0 Å². The van der Waals surface area contributed by atoms with E-state index in [1.165, 1.54) is 30.5 Å². The van der Waals surface area contributed by atoms with Crippen molar-refractivity contribution < 1.29 is 0 Å². The molecule has 0 heterocycles. The molecule has 1 aromatic rings. The summed E-state index contributed by atoms with van der Waals surface area (Å²) in [5.41, 5.74) is 9.06. The number of aryl methyl sites for hydroxylation is 1. The van der Waals surface area contributed by atoms with Gasteiger partial charge in [0.05, 0.1) is 0 Å². The maximum atomic E-state index is 5.74. The fourth-order valence-corrected chi connectivity index (χ4v) is 2.41. The molecule has 1 saturated carbocycles. The van der Waals surface area contributed by atoms with Crippen LogP contribution >= 0.6 is 0 Å². The van der Waals surface area contributed by atoms with E-state index in [1.54, 1.807) is 0 Å². The van der Waals surface area contributed by atoms with Crippen molar-refractivity contribution in [2.24, 2.45) is 5.92 Å². The van der Waals surface area contributed by atoms with Crippen LogP contribution in [0.5, 0.6) is 0 Å². The van der Waals surface area contributed by atoms with Crippen molar-refractivity contribution in [3.8, 4) is 0 Å². The monoisotopic (exact) mass is 204 g/mol. The number of nitrogens with one attached hydrogen (secondary N) is 1. The number of hydrogen-bond donors (Lipinski definition) is 2. The lowest BCUT2D eigenvalue weighted by Gasteiger charge is -2.20. The zero-order valence-electron chi connectivity index (χ0n) is 9.59. The first kappa shape index (κ1) is 10.3. The Morgan fingerprint density at radius 2 is 2.13 bits per heavy atom. The second kappa shape index (κ2) is 4.13. The minimum Gasteiger partial charge on any atom is -0.399 e. The van der Waals surface area contributed by atoms with Crippen molar-refractivity contribution in [3.63, 3.8) is 0 Å². The molecular formula is C13H20N2. The average molecular weight is 204 g/mol. The number of benzene rings is 1. The molecule has 1 aliphatic carbocycles. The number of rotatable bonds is 2. The van der Waals surface area contributed by atoms with Crippen molar-refractivity contribution >= 4 is 11.4 Å². The molecule has 0 aliphatic heterocycles. The van der Waals surface area contributed by atoms with Crippen LogP contribution in [0.15, 0.2) is 18.2 Å². The second-order valence-electron chi connectivity index (χ2n) is 4.73. The Morgan fingerprint density at radius 1 is 1.33 bits per heavy atom. The average Bonchev–Trinajstić information content (AvgIpc) is 2.57. The summed E-state index contributed by atoms with van der Waals surface area (Å²) in [6, 6.07) is 6.74. The fraction of sp³-hybridized carbons (Fsp3) is 0.538. The lowest BCUT2D eigenvalue weighted by molar-refractivity contribution is 0.556. The standard InChI is InChI=1S/C13H20N2/c1-9-4-3-5-12(9)15-13-7-6-11(14)8-10(13)2/h6-9,12,15H,3-5,14H2,1-2H3. The van der Waals surface area contributed by atoms with Gasteiger partial charge in [0, 0.05) is 17.4 Å². The molecule has 0 radical (unpaired) electrons. The minimum absolute atomic E-state index is 0.646. The summed E-state index contributed by atoms with van der Waals surface area (Å²) in [5, 5.41) is 3.63. The van der Waals surface area contributed by atoms with Gasteiger partial charge in [0.15, 0.2) is 0 Å². The van der Waals surface area contributed by atoms with Crippen LogP contribution in [0, 0.1) is 12.8 Å². The van der Waals surface area contributed by atoms with Crippen LogP contribution in [0.1, 0.15) is 31.7 Å². The van der Waals surface area contributed by atoms with Gasteiger partial charge in [-0.3, -0.25) is 0 Å². The van der Waals surface area contributed by atoms with Gasteiger partial charge in [-0.05, 0) is 49.4 Å². The molecule has 2 heteroatoms. The zero-order chi connectivity index (χ0) is 10.8. The van der Waals surface area contributed by atoms with E-state index in [1.807, 2.05) is 12.1 Å². The molecule has 82 valence electrons. The number of anilines is 2. The van der Waals surface area contributed by atoms with Gasteiger partial charge in [-0.25, -0.2) is 0 Å². The SMILES string of the molecule is Cc1cc(N)ccc1NC1CCCC1C. The summed E-state index contributed by atoms with van der Waals surface area (Å²) in [5.74, 6) is 0.793. The molecule has 0 amide bonds. The molecule has 0 aromatic heterocycles. The van der Waals surface area contributed by atoms with Crippen molar-refractivity contribution in [2.45, 2.75) is 39.2 Å². The normalized spacial score (nSPS) is 25.5. The van der Waals surface area contributed by atoms with E-state index in [2.05, 4.69) is 25.2 Å². The molecular weight excluding hydrogens is 184 g/mol. The molecule has 1 aromatic carbocycles. The largest absolute Gasteiger partial charge is 0.399 e. The summed E-state index contributed by atoms with van der Waals surface area (Å²) in [7, 11) is 0. The first-order chi connectivity index (χ1) is 7.16. The topological polar surface area (TPSA) is 38.0 Å². The van der Waals surface area contributed by atoms with Crippen molar-refractivity contribution in [2.75, 3.05) is 11.1 Å². The first-order valence-corrected chi connectivity index (χ1v) is 5.79. The van der Waals surface area contributed by atoms with Crippen molar-refractivity contribution in [1.29, 1.82) is 0 Å². The predicted octanol–water partition coefficient (Wildman–Crippen LogP) is 3.18. The van der Waals surface area contributed by atoms with Gasteiger partial charge in [0.1, 0.15) is 0 Å². The second-order valence-corrected chi connectivity index (χ2v) is 4.73. The number of nitrogens with two attached hydrogens (primary N) is 1. The van der Waals surface area contributed by atoms with Crippen LogP contribution in [0.25, 0.3) is 0 Å². The van der Waals surface area contributed by atoms with Gasteiger partial charge in [0.2, 0.25) is 0 Å². The maximum Gasteiger partial charge on any atom is 0.0373 e. The molecule has 2 rings (SSSR count). The Bertz CT molecular complexity index is 346. The summed E-state index contributed by atoms with van der Waals surface area (Å²) >= 11 is 0. The van der Waals surface area contributed by atoms with E-state index in [0.29, 0.717) is 6.04 Å². The van der Waals surface area contributed by atoms with Gasteiger partial charge in [-0.1, -0.05) is 13.3 Å². The minimum atomic E-state index is 0.646. The number of hydrogen-bond acceptors (Lipinski definition) is 2. The first-order valence-electron chi connectivity index (χ1n) is 5.79. The number of nitrogen functional groups attached to an aromatic ring is 1. The van der Waals surface area contributed by atoms with Crippen molar-refractivity contribution in [3.05, 3.63) is 23.8 Å². The molecule has 15 heavy (non-hydrogen) atoms.